The SMILES string of the molecule is CCCCCCCCCCCCC/C=C/[C@H](O)[C@H](N)CO[C@@H]1O[C@H](CO)[C@H](O[C@@H]2O[C@H](CO)[C@H](O)[C@@H](O)[C@@H]2O)[C@H](O)[C@H]1O. The summed E-state index contributed by atoms with van der Waals surface area (Å²) in [5.74, 6) is 0. The van der Waals surface area contributed by atoms with Crippen molar-refractivity contribution in [1.29, 1.82) is 0 Å². The van der Waals surface area contributed by atoms with Crippen LogP contribution < -0.4 is 5.73 Å². The van der Waals surface area contributed by atoms with Crippen molar-refractivity contribution in [2.75, 3.05) is 19.8 Å². The number of hydrogen-bond acceptors (Lipinski definition) is 13. The molecule has 10 N–H and O–H groups in total. The zero-order valence-corrected chi connectivity index (χ0v) is 25.5. The van der Waals surface area contributed by atoms with Gasteiger partial charge in [0.05, 0.1) is 32.0 Å². The number of rotatable bonds is 21. The van der Waals surface area contributed by atoms with Gasteiger partial charge in [-0.15, -0.1) is 0 Å². The zero-order valence-electron chi connectivity index (χ0n) is 25.5. The average Bonchev–Trinajstić information content (AvgIpc) is 3.01. The van der Waals surface area contributed by atoms with Crippen LogP contribution in [-0.4, -0.2) is 134 Å². The Labute approximate surface area is 255 Å². The van der Waals surface area contributed by atoms with Gasteiger partial charge in [-0.3, -0.25) is 0 Å². The topological polar surface area (TPSA) is 225 Å². The monoisotopic (exact) mass is 623 g/mol. The summed E-state index contributed by atoms with van der Waals surface area (Å²) in [5, 5.41) is 81.0. The molecular weight excluding hydrogens is 566 g/mol. The molecule has 0 radical (unpaired) electrons. The third-order valence-corrected chi connectivity index (χ3v) is 8.16. The lowest BCUT2D eigenvalue weighted by Gasteiger charge is -2.46. The summed E-state index contributed by atoms with van der Waals surface area (Å²) in [7, 11) is 0. The Morgan fingerprint density at radius 3 is 1.81 bits per heavy atom. The van der Waals surface area contributed by atoms with E-state index in [2.05, 4.69) is 6.92 Å². The Hall–Kier alpha value is -0.780. The lowest BCUT2D eigenvalue weighted by Crippen LogP contribution is -2.64. The highest BCUT2D eigenvalue weighted by molar-refractivity contribution is 4.96. The van der Waals surface area contributed by atoms with Gasteiger partial charge in [-0.2, -0.15) is 0 Å². The van der Waals surface area contributed by atoms with Crippen LogP contribution in [0.15, 0.2) is 12.2 Å². The first-order chi connectivity index (χ1) is 20.7. The molecule has 2 rings (SSSR count). The number of aliphatic hydroxyl groups excluding tert-OH is 8. The molecular formula is C30H57NO12. The summed E-state index contributed by atoms with van der Waals surface area (Å²) >= 11 is 0. The van der Waals surface area contributed by atoms with Crippen molar-refractivity contribution in [3.05, 3.63) is 12.2 Å². The van der Waals surface area contributed by atoms with Crippen LogP contribution in [0.1, 0.15) is 84.0 Å². The van der Waals surface area contributed by atoms with E-state index in [0.717, 1.165) is 19.3 Å². The molecule has 12 atom stereocenters. The lowest BCUT2D eigenvalue weighted by molar-refractivity contribution is -0.359. The number of unbranched alkanes of at least 4 members (excludes halogenated alkanes) is 11. The number of nitrogens with two attached hydrogens (primary N) is 1. The zero-order chi connectivity index (χ0) is 31.8. The normalized spacial score (nSPS) is 34.9. The number of allylic oxidation sites excluding steroid dienone is 1. The van der Waals surface area contributed by atoms with Crippen LogP contribution in [0.25, 0.3) is 0 Å². The number of hydrogen-bond donors (Lipinski definition) is 9. The second-order valence-electron chi connectivity index (χ2n) is 11.7. The molecule has 2 aliphatic rings. The Kier molecular flexibility index (Phi) is 18.8. The van der Waals surface area contributed by atoms with Crippen LogP contribution in [-0.2, 0) is 18.9 Å². The Bertz CT molecular complexity index is 744. The number of ether oxygens (including phenoxy) is 4. The molecule has 43 heavy (non-hydrogen) atoms. The van der Waals surface area contributed by atoms with E-state index in [1.165, 1.54) is 57.8 Å². The van der Waals surface area contributed by atoms with Crippen LogP contribution in [0.3, 0.4) is 0 Å². The predicted molar refractivity (Wildman–Crippen MR) is 157 cm³/mol. The molecule has 2 aliphatic heterocycles. The quantitative estimate of drug-likeness (QED) is 0.0585. The van der Waals surface area contributed by atoms with Gasteiger partial charge in [0.2, 0.25) is 0 Å². The lowest BCUT2D eigenvalue weighted by atomic mass is 9.97. The van der Waals surface area contributed by atoms with Crippen LogP contribution in [0.5, 0.6) is 0 Å². The maximum atomic E-state index is 10.7. The van der Waals surface area contributed by atoms with Crippen molar-refractivity contribution in [2.45, 2.75) is 158 Å². The van der Waals surface area contributed by atoms with Gasteiger partial charge in [0.15, 0.2) is 12.6 Å². The standard InChI is InChI=1S/C30H57NO12/c1-2-3-4-5-6-7-8-9-10-11-12-13-14-15-20(34)19(31)18-40-29-27(39)25(37)28(22(17-33)42-29)43-30-26(38)24(36)23(35)21(16-32)41-30/h14-15,19-30,32-39H,2-13,16-18,31H2,1H3/b15-14+/t19-,20+,21-,22-,23+,24-,25-,26+,27-,28+,29-,30+/m1/s1. The molecule has 2 fully saturated rings. The van der Waals surface area contributed by atoms with Crippen molar-refractivity contribution in [3.8, 4) is 0 Å². The fourth-order valence-electron chi connectivity index (χ4n) is 5.30. The van der Waals surface area contributed by atoms with Gasteiger partial charge < -0.3 is 65.5 Å². The van der Waals surface area contributed by atoms with E-state index in [0.29, 0.717) is 0 Å². The van der Waals surface area contributed by atoms with E-state index >= 15 is 0 Å². The van der Waals surface area contributed by atoms with Gasteiger partial charge in [0.1, 0.15) is 48.8 Å². The largest absolute Gasteiger partial charge is 0.394 e. The molecule has 2 heterocycles. The van der Waals surface area contributed by atoms with Gasteiger partial charge in [0.25, 0.3) is 0 Å². The second-order valence-corrected chi connectivity index (χ2v) is 11.7. The van der Waals surface area contributed by atoms with Crippen LogP contribution in [0.2, 0.25) is 0 Å². The molecule has 0 unspecified atom stereocenters. The Balaban J connectivity index is 1.70. The molecule has 13 heteroatoms. The van der Waals surface area contributed by atoms with Crippen LogP contribution in [0, 0.1) is 0 Å². The van der Waals surface area contributed by atoms with Crippen molar-refractivity contribution in [3.63, 3.8) is 0 Å². The first-order valence-electron chi connectivity index (χ1n) is 16.0. The van der Waals surface area contributed by atoms with Crippen molar-refractivity contribution in [1.82, 2.24) is 0 Å². The molecule has 0 spiro atoms. The van der Waals surface area contributed by atoms with Gasteiger partial charge >= 0.3 is 0 Å². The highest BCUT2D eigenvalue weighted by Gasteiger charge is 2.50. The molecule has 0 amide bonds. The number of aliphatic hydroxyl groups is 8. The molecule has 13 nitrogen and oxygen atoms in total. The fourth-order valence-corrected chi connectivity index (χ4v) is 5.30. The van der Waals surface area contributed by atoms with Gasteiger partial charge in [-0.25, -0.2) is 0 Å². The van der Waals surface area contributed by atoms with Crippen LogP contribution >= 0.6 is 0 Å². The molecule has 0 aromatic heterocycles. The van der Waals surface area contributed by atoms with Crippen molar-refractivity contribution >= 4 is 0 Å². The molecule has 0 aliphatic carbocycles. The van der Waals surface area contributed by atoms with Gasteiger partial charge in [0, 0.05) is 0 Å². The first-order valence-corrected chi connectivity index (χ1v) is 16.0. The maximum absolute atomic E-state index is 10.7. The molecule has 0 saturated carbocycles. The summed E-state index contributed by atoms with van der Waals surface area (Å²) in [6.45, 7) is 0.641. The van der Waals surface area contributed by atoms with E-state index in [1.54, 1.807) is 6.08 Å². The van der Waals surface area contributed by atoms with Gasteiger partial charge in [-0.05, 0) is 12.8 Å². The fraction of sp³-hybridized carbons (Fsp3) is 0.933. The minimum absolute atomic E-state index is 0.227. The molecule has 254 valence electrons. The van der Waals surface area contributed by atoms with E-state index in [-0.39, 0.29) is 6.61 Å². The maximum Gasteiger partial charge on any atom is 0.187 e. The summed E-state index contributed by atoms with van der Waals surface area (Å²) in [4.78, 5) is 0. The predicted octanol–water partition coefficient (Wildman–Crippen LogP) is -0.427. The minimum atomic E-state index is -1.75. The minimum Gasteiger partial charge on any atom is -0.394 e. The van der Waals surface area contributed by atoms with E-state index < -0.39 is 86.8 Å². The van der Waals surface area contributed by atoms with Gasteiger partial charge in [-0.1, -0.05) is 83.3 Å². The average molecular weight is 624 g/mol. The summed E-state index contributed by atoms with van der Waals surface area (Å²) in [6.07, 6.45) is 1.80. The summed E-state index contributed by atoms with van der Waals surface area (Å²) in [6, 6.07) is -0.850. The highest BCUT2D eigenvalue weighted by Crippen LogP contribution is 2.29. The second kappa shape index (κ2) is 21.1. The van der Waals surface area contributed by atoms with E-state index in [4.69, 9.17) is 24.7 Å². The molecule has 0 bridgehead atoms. The molecule has 0 aromatic rings. The van der Waals surface area contributed by atoms with Crippen molar-refractivity contribution < 1.29 is 59.8 Å². The third-order valence-electron chi connectivity index (χ3n) is 8.16. The Morgan fingerprint density at radius 2 is 1.23 bits per heavy atom. The first kappa shape index (κ1) is 38.4. The summed E-state index contributed by atoms with van der Waals surface area (Å²) in [5.41, 5.74) is 6.04. The van der Waals surface area contributed by atoms with Crippen LogP contribution in [0.4, 0.5) is 0 Å². The molecule has 2 saturated heterocycles. The van der Waals surface area contributed by atoms with E-state index in [1.807, 2.05) is 6.08 Å². The van der Waals surface area contributed by atoms with Crippen molar-refractivity contribution in [2.24, 2.45) is 5.73 Å². The smallest absolute Gasteiger partial charge is 0.187 e. The summed E-state index contributed by atoms with van der Waals surface area (Å²) < 4.78 is 21.9. The third kappa shape index (κ3) is 12.5. The molecule has 0 aromatic carbocycles. The van der Waals surface area contributed by atoms with E-state index in [9.17, 15) is 40.9 Å². The highest BCUT2D eigenvalue weighted by atomic mass is 16.7. The Morgan fingerprint density at radius 1 is 0.698 bits per heavy atom.